The molecular weight excluding hydrogens is 391 g/mol. The number of carbonyl (C=O) groups is 1. The molecule has 0 saturated carbocycles. The highest BCUT2D eigenvalue weighted by atomic mass is 127. The van der Waals surface area contributed by atoms with E-state index in [1.807, 2.05) is 25.1 Å². The summed E-state index contributed by atoms with van der Waals surface area (Å²) >= 11 is 2.14. The van der Waals surface area contributed by atoms with Crippen molar-refractivity contribution in [3.05, 3.63) is 56.7 Å². The average molecular weight is 410 g/mol. The van der Waals surface area contributed by atoms with Crippen molar-refractivity contribution in [1.82, 2.24) is 0 Å². The maximum atomic E-state index is 12.4. The van der Waals surface area contributed by atoms with Crippen molar-refractivity contribution < 1.29 is 14.3 Å². The van der Waals surface area contributed by atoms with Gasteiger partial charge in [0.25, 0.3) is 0 Å². The van der Waals surface area contributed by atoms with E-state index in [1.54, 1.807) is 25.3 Å². The normalized spacial score (nSPS) is 10.6. The van der Waals surface area contributed by atoms with E-state index in [-0.39, 0.29) is 5.97 Å². The first kappa shape index (κ1) is 16.8. The predicted octanol–water partition coefficient (Wildman–Crippen LogP) is 4.95. The summed E-state index contributed by atoms with van der Waals surface area (Å²) in [5.41, 5.74) is 2.61. The van der Waals surface area contributed by atoms with Gasteiger partial charge in [-0.05, 0) is 70.8 Å². The van der Waals surface area contributed by atoms with Gasteiger partial charge in [-0.1, -0.05) is 26.0 Å². The third kappa shape index (κ3) is 3.80. The molecule has 0 heterocycles. The van der Waals surface area contributed by atoms with Crippen LogP contribution in [-0.2, 0) is 0 Å². The fourth-order valence-electron chi connectivity index (χ4n) is 2.16. The van der Waals surface area contributed by atoms with Gasteiger partial charge in [-0.2, -0.15) is 0 Å². The summed E-state index contributed by atoms with van der Waals surface area (Å²) in [7, 11) is 1.61. The molecule has 0 aromatic heterocycles. The van der Waals surface area contributed by atoms with Gasteiger partial charge in [-0.3, -0.25) is 0 Å². The van der Waals surface area contributed by atoms with Crippen LogP contribution in [0.1, 0.15) is 41.3 Å². The van der Waals surface area contributed by atoms with Crippen LogP contribution in [-0.4, -0.2) is 13.1 Å². The minimum Gasteiger partial charge on any atom is -0.496 e. The molecule has 22 heavy (non-hydrogen) atoms. The summed E-state index contributed by atoms with van der Waals surface area (Å²) in [6.07, 6.45) is 0. The molecule has 3 nitrogen and oxygen atoms in total. The molecule has 0 N–H and O–H groups in total. The van der Waals surface area contributed by atoms with Crippen LogP contribution in [0, 0.1) is 10.5 Å². The minimum absolute atomic E-state index is 0.291. The number of methoxy groups -OCH3 is 1. The second-order valence-corrected chi connectivity index (χ2v) is 6.60. The van der Waals surface area contributed by atoms with Gasteiger partial charge in [-0.15, -0.1) is 0 Å². The summed E-state index contributed by atoms with van der Waals surface area (Å²) in [5.74, 6) is 1.31. The van der Waals surface area contributed by atoms with E-state index in [0.29, 0.717) is 17.2 Å². The Kier molecular flexibility index (Phi) is 5.45. The van der Waals surface area contributed by atoms with E-state index in [1.165, 1.54) is 0 Å². The number of ether oxygens (including phenoxy) is 2. The Hall–Kier alpha value is -1.56. The highest BCUT2D eigenvalue weighted by molar-refractivity contribution is 14.1. The average Bonchev–Trinajstić information content (AvgIpc) is 2.46. The van der Waals surface area contributed by atoms with Crippen LogP contribution in [0.2, 0.25) is 0 Å². The molecule has 0 atom stereocenters. The van der Waals surface area contributed by atoms with Gasteiger partial charge < -0.3 is 9.47 Å². The molecule has 2 aromatic carbocycles. The number of halogens is 1. The van der Waals surface area contributed by atoms with Crippen LogP contribution in [0.15, 0.2) is 36.4 Å². The van der Waals surface area contributed by atoms with Gasteiger partial charge in [0, 0.05) is 0 Å². The zero-order valence-corrected chi connectivity index (χ0v) is 15.3. The van der Waals surface area contributed by atoms with Crippen molar-refractivity contribution in [3.8, 4) is 11.5 Å². The zero-order chi connectivity index (χ0) is 16.3. The number of hydrogen-bond donors (Lipinski definition) is 0. The summed E-state index contributed by atoms with van der Waals surface area (Å²) < 4.78 is 11.7. The Morgan fingerprint density at radius 2 is 1.82 bits per heavy atom. The Morgan fingerprint density at radius 3 is 2.41 bits per heavy atom. The minimum atomic E-state index is -0.354. The molecule has 0 saturated heterocycles. The predicted molar refractivity (Wildman–Crippen MR) is 95.9 cm³/mol. The van der Waals surface area contributed by atoms with Gasteiger partial charge in [0.1, 0.15) is 11.5 Å². The lowest BCUT2D eigenvalue weighted by atomic mass is 10.0. The van der Waals surface area contributed by atoms with Crippen molar-refractivity contribution >= 4 is 28.6 Å². The highest BCUT2D eigenvalue weighted by Crippen LogP contribution is 2.29. The summed E-state index contributed by atoms with van der Waals surface area (Å²) in [6, 6.07) is 11.2. The fourth-order valence-corrected chi connectivity index (χ4v) is 2.89. The molecule has 0 bridgehead atoms. The van der Waals surface area contributed by atoms with Gasteiger partial charge >= 0.3 is 5.97 Å². The van der Waals surface area contributed by atoms with Crippen LogP contribution >= 0.6 is 22.6 Å². The summed E-state index contributed by atoms with van der Waals surface area (Å²) in [5, 5.41) is 0. The standard InChI is InChI=1S/C18H19IO3/c1-11(2)14-7-5-12(3)9-17(14)22-18(20)13-6-8-16(21-4)15(19)10-13/h5-11H,1-4H3. The molecule has 0 amide bonds. The first-order valence-electron chi connectivity index (χ1n) is 7.08. The first-order chi connectivity index (χ1) is 10.4. The first-order valence-corrected chi connectivity index (χ1v) is 8.16. The molecule has 2 rings (SSSR count). The molecule has 0 aliphatic rings. The SMILES string of the molecule is COc1ccc(C(=O)Oc2cc(C)ccc2C(C)C)cc1I. The Bertz CT molecular complexity index is 693. The maximum Gasteiger partial charge on any atom is 0.343 e. The third-order valence-electron chi connectivity index (χ3n) is 3.38. The quantitative estimate of drug-likeness (QED) is 0.407. The number of benzene rings is 2. The van der Waals surface area contributed by atoms with Crippen LogP contribution in [0.5, 0.6) is 11.5 Å². The van der Waals surface area contributed by atoms with Crippen LogP contribution in [0.4, 0.5) is 0 Å². The Balaban J connectivity index is 2.29. The zero-order valence-electron chi connectivity index (χ0n) is 13.1. The molecule has 116 valence electrons. The van der Waals surface area contributed by atoms with Crippen molar-refractivity contribution in [2.45, 2.75) is 26.7 Å². The van der Waals surface area contributed by atoms with E-state index in [4.69, 9.17) is 9.47 Å². The second kappa shape index (κ2) is 7.13. The van der Waals surface area contributed by atoms with Crippen molar-refractivity contribution in [3.63, 3.8) is 0 Å². The molecule has 0 unspecified atom stereocenters. The van der Waals surface area contributed by atoms with E-state index < -0.39 is 0 Å². The van der Waals surface area contributed by atoms with Crippen LogP contribution in [0.25, 0.3) is 0 Å². The Morgan fingerprint density at radius 1 is 1.09 bits per heavy atom. The molecule has 0 spiro atoms. The number of aryl methyl sites for hydroxylation is 1. The number of carbonyl (C=O) groups excluding carboxylic acids is 1. The number of esters is 1. The molecule has 0 aliphatic heterocycles. The smallest absolute Gasteiger partial charge is 0.343 e. The topological polar surface area (TPSA) is 35.5 Å². The lowest BCUT2D eigenvalue weighted by molar-refractivity contribution is 0.0732. The van der Waals surface area contributed by atoms with Crippen LogP contribution < -0.4 is 9.47 Å². The lowest BCUT2D eigenvalue weighted by Crippen LogP contribution is -2.11. The Labute approximate surface area is 144 Å². The van der Waals surface area contributed by atoms with Crippen molar-refractivity contribution in [2.24, 2.45) is 0 Å². The number of rotatable bonds is 4. The third-order valence-corrected chi connectivity index (χ3v) is 4.22. The van der Waals surface area contributed by atoms with E-state index >= 15 is 0 Å². The summed E-state index contributed by atoms with van der Waals surface area (Å²) in [6.45, 7) is 6.15. The van der Waals surface area contributed by atoms with E-state index in [2.05, 4.69) is 36.4 Å². The largest absolute Gasteiger partial charge is 0.496 e. The van der Waals surface area contributed by atoms with Gasteiger partial charge in [0.2, 0.25) is 0 Å². The van der Waals surface area contributed by atoms with Crippen molar-refractivity contribution in [1.29, 1.82) is 0 Å². The van der Waals surface area contributed by atoms with Gasteiger partial charge in [0.15, 0.2) is 0 Å². The van der Waals surface area contributed by atoms with Gasteiger partial charge in [0.05, 0.1) is 16.2 Å². The molecule has 2 aromatic rings. The monoisotopic (exact) mass is 410 g/mol. The second-order valence-electron chi connectivity index (χ2n) is 5.43. The van der Waals surface area contributed by atoms with Gasteiger partial charge in [-0.25, -0.2) is 4.79 Å². The molecule has 4 heteroatoms. The van der Waals surface area contributed by atoms with Crippen molar-refractivity contribution in [2.75, 3.05) is 7.11 Å². The number of hydrogen-bond acceptors (Lipinski definition) is 3. The van der Waals surface area contributed by atoms with Crippen LogP contribution in [0.3, 0.4) is 0 Å². The highest BCUT2D eigenvalue weighted by Gasteiger charge is 2.15. The maximum absolute atomic E-state index is 12.4. The lowest BCUT2D eigenvalue weighted by Gasteiger charge is -2.14. The molecule has 0 aliphatic carbocycles. The summed E-state index contributed by atoms with van der Waals surface area (Å²) in [4.78, 5) is 12.4. The molecule has 0 fully saturated rings. The van der Waals surface area contributed by atoms with E-state index in [9.17, 15) is 4.79 Å². The fraction of sp³-hybridized carbons (Fsp3) is 0.278. The van der Waals surface area contributed by atoms with E-state index in [0.717, 1.165) is 20.4 Å². The molecule has 0 radical (unpaired) electrons. The molecular formula is C18H19IO3.